The monoisotopic (exact) mass is 417 g/mol. The Labute approximate surface area is 181 Å². The molecular weight excluding hydrogens is 378 g/mol. The lowest BCUT2D eigenvalue weighted by molar-refractivity contribution is -0.131. The molecule has 3 N–H and O–H groups in total. The van der Waals surface area contributed by atoms with Gasteiger partial charge in [-0.1, -0.05) is 63.7 Å². The number of aliphatic carboxylic acids is 1. The molecule has 0 aromatic heterocycles. The van der Waals surface area contributed by atoms with Crippen LogP contribution >= 0.6 is 0 Å². The van der Waals surface area contributed by atoms with Crippen LogP contribution in [0.5, 0.6) is 5.75 Å². The standard InChI is InChI=1S/C25H39NO4/c1-20(19-27)7-4-3-5-8-21(17-22-11-14-24(28)15-12-22)9-6-10-23(18-26-2)13-16-25(29)30/h11-16,19-21,23,26,28H,3-10,17-18H2,1-2H3,(H,29,30)/b16-13+/t20-,21+,23+/m1/s1. The zero-order chi connectivity index (χ0) is 22.2. The van der Waals surface area contributed by atoms with Crippen LogP contribution in [0, 0.1) is 17.8 Å². The van der Waals surface area contributed by atoms with Crippen molar-refractivity contribution in [3.63, 3.8) is 0 Å². The van der Waals surface area contributed by atoms with Crippen molar-refractivity contribution in [3.8, 4) is 5.75 Å². The van der Waals surface area contributed by atoms with Crippen LogP contribution in [0.3, 0.4) is 0 Å². The van der Waals surface area contributed by atoms with Crippen molar-refractivity contribution in [2.24, 2.45) is 17.8 Å². The lowest BCUT2D eigenvalue weighted by Crippen LogP contribution is -2.18. The Balaban J connectivity index is 2.54. The molecule has 0 heterocycles. The van der Waals surface area contributed by atoms with Crippen molar-refractivity contribution in [3.05, 3.63) is 42.0 Å². The number of carboxylic acids is 1. The van der Waals surface area contributed by atoms with Gasteiger partial charge in [0, 0.05) is 18.5 Å². The van der Waals surface area contributed by atoms with Crippen LogP contribution in [-0.4, -0.2) is 36.1 Å². The number of nitrogens with one attached hydrogen (secondary N) is 1. The molecule has 0 aliphatic carbocycles. The van der Waals surface area contributed by atoms with Crippen molar-refractivity contribution in [2.45, 2.75) is 64.7 Å². The fourth-order valence-electron chi connectivity index (χ4n) is 3.87. The van der Waals surface area contributed by atoms with Gasteiger partial charge in [0.15, 0.2) is 0 Å². The Hall–Kier alpha value is -2.14. The molecule has 1 aromatic rings. The summed E-state index contributed by atoms with van der Waals surface area (Å²) in [5.41, 5.74) is 1.24. The van der Waals surface area contributed by atoms with Gasteiger partial charge < -0.3 is 20.3 Å². The van der Waals surface area contributed by atoms with Gasteiger partial charge in [0.05, 0.1) is 0 Å². The van der Waals surface area contributed by atoms with Gasteiger partial charge in [-0.3, -0.25) is 0 Å². The van der Waals surface area contributed by atoms with Gasteiger partial charge >= 0.3 is 5.97 Å². The van der Waals surface area contributed by atoms with E-state index in [0.29, 0.717) is 11.7 Å². The molecule has 30 heavy (non-hydrogen) atoms. The Morgan fingerprint density at radius 1 is 1.03 bits per heavy atom. The van der Waals surface area contributed by atoms with Crippen LogP contribution in [0.1, 0.15) is 63.9 Å². The molecule has 0 fully saturated rings. The van der Waals surface area contributed by atoms with E-state index in [2.05, 4.69) is 5.32 Å². The normalized spacial score (nSPS) is 14.5. The van der Waals surface area contributed by atoms with Gasteiger partial charge in [0.1, 0.15) is 12.0 Å². The summed E-state index contributed by atoms with van der Waals surface area (Å²) in [7, 11) is 1.89. The molecule has 0 amide bonds. The molecule has 5 heteroatoms. The molecule has 5 nitrogen and oxygen atoms in total. The van der Waals surface area contributed by atoms with Gasteiger partial charge in [-0.15, -0.1) is 0 Å². The Morgan fingerprint density at radius 3 is 2.33 bits per heavy atom. The first kappa shape index (κ1) is 25.9. The summed E-state index contributed by atoms with van der Waals surface area (Å²) in [5, 5.41) is 21.5. The summed E-state index contributed by atoms with van der Waals surface area (Å²) in [6, 6.07) is 7.47. The maximum absolute atomic E-state index is 10.8. The van der Waals surface area contributed by atoms with Crippen molar-refractivity contribution < 1.29 is 19.8 Å². The summed E-state index contributed by atoms with van der Waals surface area (Å²) in [4.78, 5) is 21.6. The van der Waals surface area contributed by atoms with E-state index in [4.69, 9.17) is 5.11 Å². The molecule has 0 saturated heterocycles. The predicted molar refractivity (Wildman–Crippen MR) is 122 cm³/mol. The molecule has 0 spiro atoms. The van der Waals surface area contributed by atoms with E-state index < -0.39 is 5.97 Å². The smallest absolute Gasteiger partial charge is 0.327 e. The third-order valence-corrected chi connectivity index (χ3v) is 5.63. The molecule has 0 radical (unpaired) electrons. The second-order valence-electron chi connectivity index (χ2n) is 8.43. The van der Waals surface area contributed by atoms with Crippen LogP contribution in [0.2, 0.25) is 0 Å². The molecule has 168 valence electrons. The number of aromatic hydroxyl groups is 1. The first-order chi connectivity index (χ1) is 14.4. The number of unbranched alkanes of at least 4 members (excludes halogenated alkanes) is 2. The summed E-state index contributed by atoms with van der Waals surface area (Å²) >= 11 is 0. The van der Waals surface area contributed by atoms with Crippen LogP contribution in [-0.2, 0) is 16.0 Å². The zero-order valence-electron chi connectivity index (χ0n) is 18.6. The minimum atomic E-state index is -0.898. The highest BCUT2D eigenvalue weighted by Gasteiger charge is 2.12. The maximum Gasteiger partial charge on any atom is 0.327 e. The van der Waals surface area contributed by atoms with Crippen molar-refractivity contribution in [1.82, 2.24) is 5.32 Å². The second kappa shape index (κ2) is 15.7. The van der Waals surface area contributed by atoms with Crippen LogP contribution < -0.4 is 5.32 Å². The number of hydrogen-bond donors (Lipinski definition) is 3. The first-order valence-electron chi connectivity index (χ1n) is 11.2. The molecule has 0 aliphatic rings. The van der Waals surface area contributed by atoms with Crippen molar-refractivity contribution in [2.75, 3.05) is 13.6 Å². The number of benzene rings is 1. The molecule has 1 rings (SSSR count). The summed E-state index contributed by atoms with van der Waals surface area (Å²) in [6.45, 7) is 2.75. The van der Waals surface area contributed by atoms with E-state index in [0.717, 1.165) is 70.6 Å². The number of aldehydes is 1. The SMILES string of the molecule is CNC[C@H](/C=C/C(=O)O)CCC[C@H](CCCCC[C@@H](C)C=O)Cc1ccc(O)cc1. The minimum Gasteiger partial charge on any atom is -0.508 e. The molecule has 1 aromatic carbocycles. The third-order valence-electron chi connectivity index (χ3n) is 5.63. The van der Waals surface area contributed by atoms with E-state index in [1.54, 1.807) is 18.2 Å². The van der Waals surface area contributed by atoms with E-state index in [1.165, 1.54) is 11.6 Å². The highest BCUT2D eigenvalue weighted by Crippen LogP contribution is 2.24. The quantitative estimate of drug-likeness (QED) is 0.189. The van der Waals surface area contributed by atoms with Gasteiger partial charge in [-0.05, 0) is 55.8 Å². The van der Waals surface area contributed by atoms with E-state index in [-0.39, 0.29) is 11.8 Å². The second-order valence-corrected chi connectivity index (χ2v) is 8.43. The average Bonchev–Trinajstić information content (AvgIpc) is 2.72. The Kier molecular flexibility index (Phi) is 13.5. The average molecular weight is 418 g/mol. The van der Waals surface area contributed by atoms with E-state index in [1.807, 2.05) is 26.1 Å². The zero-order valence-corrected chi connectivity index (χ0v) is 18.6. The summed E-state index contributed by atoms with van der Waals surface area (Å²) in [6.07, 6.45) is 13.7. The molecular formula is C25H39NO4. The van der Waals surface area contributed by atoms with E-state index >= 15 is 0 Å². The van der Waals surface area contributed by atoms with Crippen molar-refractivity contribution >= 4 is 12.3 Å². The van der Waals surface area contributed by atoms with Gasteiger partial charge in [0.25, 0.3) is 0 Å². The molecule has 0 unspecified atom stereocenters. The van der Waals surface area contributed by atoms with Crippen molar-refractivity contribution in [1.29, 1.82) is 0 Å². The molecule has 0 bridgehead atoms. The lowest BCUT2D eigenvalue weighted by atomic mass is 9.87. The Bertz CT molecular complexity index is 627. The minimum absolute atomic E-state index is 0.153. The first-order valence-corrected chi connectivity index (χ1v) is 11.2. The largest absolute Gasteiger partial charge is 0.508 e. The van der Waals surface area contributed by atoms with Crippen LogP contribution in [0.25, 0.3) is 0 Å². The van der Waals surface area contributed by atoms with Crippen LogP contribution in [0.4, 0.5) is 0 Å². The number of carboxylic acid groups (broad SMARTS) is 1. The molecule has 0 saturated carbocycles. The third kappa shape index (κ3) is 12.4. The number of phenolic OH excluding ortho intramolecular Hbond substituents is 1. The molecule has 0 aliphatic heterocycles. The number of rotatable bonds is 17. The van der Waals surface area contributed by atoms with E-state index in [9.17, 15) is 14.7 Å². The Morgan fingerprint density at radius 2 is 1.70 bits per heavy atom. The number of hydrogen-bond acceptors (Lipinski definition) is 4. The number of carbonyl (C=O) groups is 2. The predicted octanol–water partition coefficient (Wildman–Crippen LogP) is 4.98. The number of phenols is 1. The highest BCUT2D eigenvalue weighted by molar-refractivity contribution is 5.79. The van der Waals surface area contributed by atoms with Gasteiger partial charge in [-0.2, -0.15) is 0 Å². The molecule has 3 atom stereocenters. The summed E-state index contributed by atoms with van der Waals surface area (Å²) < 4.78 is 0. The fraction of sp³-hybridized carbons (Fsp3) is 0.600. The topological polar surface area (TPSA) is 86.6 Å². The van der Waals surface area contributed by atoms with Crippen LogP contribution in [0.15, 0.2) is 36.4 Å². The maximum atomic E-state index is 10.8. The van der Waals surface area contributed by atoms with Gasteiger partial charge in [-0.25, -0.2) is 4.79 Å². The fourth-order valence-corrected chi connectivity index (χ4v) is 3.87. The summed E-state index contributed by atoms with van der Waals surface area (Å²) in [5.74, 6) is 0.340. The highest BCUT2D eigenvalue weighted by atomic mass is 16.4. The number of carbonyl (C=O) groups excluding carboxylic acids is 1. The van der Waals surface area contributed by atoms with Gasteiger partial charge in [0.2, 0.25) is 0 Å². The lowest BCUT2D eigenvalue weighted by Gasteiger charge is -2.19.